The Hall–Kier alpha value is -3.50. The first-order chi connectivity index (χ1) is 15.3. The fraction of sp³-hybridized carbons (Fsp3) is 0.273. The van der Waals surface area contributed by atoms with Crippen LogP contribution in [0.4, 0.5) is 26.3 Å². The zero-order valence-corrected chi connectivity index (χ0v) is 17.2. The molecular formula is C22H18F6O5. The molecule has 2 aromatic carbocycles. The minimum atomic E-state index is -5.39. The van der Waals surface area contributed by atoms with Gasteiger partial charge in [-0.1, -0.05) is 24.8 Å². The number of ether oxygens (including phenoxy) is 3. The Balaban J connectivity index is 2.05. The molecule has 0 radical (unpaired) electrons. The van der Waals surface area contributed by atoms with E-state index in [9.17, 15) is 35.9 Å². The number of halogens is 6. The minimum Gasteiger partial charge on any atom is -0.457 e. The van der Waals surface area contributed by atoms with Crippen LogP contribution < -0.4 is 9.47 Å². The molecule has 11 heteroatoms. The third-order valence-electron chi connectivity index (χ3n) is 4.30. The van der Waals surface area contributed by atoms with Gasteiger partial charge in [0, 0.05) is 12.5 Å². The van der Waals surface area contributed by atoms with Gasteiger partial charge in [0.05, 0.1) is 5.56 Å². The van der Waals surface area contributed by atoms with Gasteiger partial charge in [-0.05, 0) is 42.7 Å². The molecule has 0 N–H and O–H groups in total. The molecule has 178 valence electrons. The molecular weight excluding hydrogens is 458 g/mol. The molecule has 0 atom stereocenters. The molecule has 0 fully saturated rings. The lowest BCUT2D eigenvalue weighted by atomic mass is 9.99. The lowest BCUT2D eigenvalue weighted by Gasteiger charge is -2.20. The van der Waals surface area contributed by atoms with E-state index in [4.69, 9.17) is 4.74 Å². The van der Waals surface area contributed by atoms with Crippen LogP contribution in [0.1, 0.15) is 28.7 Å². The molecule has 0 unspecified atom stereocenters. The van der Waals surface area contributed by atoms with Crippen molar-refractivity contribution in [1.29, 1.82) is 0 Å². The molecule has 0 bridgehead atoms. The summed E-state index contributed by atoms with van der Waals surface area (Å²) < 4.78 is 94.2. The number of hydrogen-bond donors (Lipinski definition) is 0. The maximum atomic E-state index is 13.4. The third kappa shape index (κ3) is 7.26. The number of alkyl halides is 6. The second-order valence-corrected chi connectivity index (χ2v) is 6.67. The van der Waals surface area contributed by atoms with Crippen molar-refractivity contribution < 1.29 is 50.1 Å². The SMILES string of the molecule is C=CC(=O)OCOc1ccc(CCC(=O)Oc2ccc(C)c(C(F)(F)F)c2C(F)(F)F)cc1. The van der Waals surface area contributed by atoms with Gasteiger partial charge < -0.3 is 14.2 Å². The van der Waals surface area contributed by atoms with Crippen LogP contribution in [0.25, 0.3) is 0 Å². The van der Waals surface area contributed by atoms with E-state index in [1.807, 2.05) is 0 Å². The van der Waals surface area contributed by atoms with Crippen LogP contribution in [0.5, 0.6) is 11.5 Å². The summed E-state index contributed by atoms with van der Waals surface area (Å²) in [6.45, 7) is 3.76. The van der Waals surface area contributed by atoms with Gasteiger partial charge in [-0.3, -0.25) is 4.79 Å². The number of esters is 2. The average molecular weight is 476 g/mol. The van der Waals surface area contributed by atoms with E-state index >= 15 is 0 Å². The molecule has 33 heavy (non-hydrogen) atoms. The van der Waals surface area contributed by atoms with Crippen molar-refractivity contribution in [2.45, 2.75) is 32.1 Å². The summed E-state index contributed by atoms with van der Waals surface area (Å²) in [7, 11) is 0. The topological polar surface area (TPSA) is 61.8 Å². The lowest BCUT2D eigenvalue weighted by molar-refractivity contribution is -0.164. The number of aryl methyl sites for hydroxylation is 2. The van der Waals surface area contributed by atoms with Crippen LogP contribution in [0.2, 0.25) is 0 Å². The molecule has 0 saturated heterocycles. The summed E-state index contributed by atoms with van der Waals surface area (Å²) in [6, 6.07) is 7.60. The van der Waals surface area contributed by atoms with Gasteiger partial charge in [0.2, 0.25) is 6.79 Å². The second-order valence-electron chi connectivity index (χ2n) is 6.67. The van der Waals surface area contributed by atoms with Crippen LogP contribution in [0.3, 0.4) is 0 Å². The fourth-order valence-electron chi connectivity index (χ4n) is 2.81. The van der Waals surface area contributed by atoms with Gasteiger partial charge in [0.15, 0.2) is 0 Å². The molecule has 0 aliphatic carbocycles. The highest BCUT2D eigenvalue weighted by atomic mass is 19.4. The van der Waals surface area contributed by atoms with E-state index in [1.54, 1.807) is 12.1 Å². The molecule has 5 nitrogen and oxygen atoms in total. The average Bonchev–Trinajstić information content (AvgIpc) is 2.72. The summed E-state index contributed by atoms with van der Waals surface area (Å²) in [5.41, 5.74) is -3.99. The van der Waals surface area contributed by atoms with E-state index in [0.29, 0.717) is 17.4 Å². The Bertz CT molecular complexity index is 1010. The number of rotatable bonds is 8. The van der Waals surface area contributed by atoms with Crippen LogP contribution in [0.15, 0.2) is 49.1 Å². The molecule has 2 rings (SSSR count). The van der Waals surface area contributed by atoms with Crippen LogP contribution in [-0.2, 0) is 33.1 Å². The third-order valence-corrected chi connectivity index (χ3v) is 4.30. The van der Waals surface area contributed by atoms with E-state index < -0.39 is 46.7 Å². The molecule has 0 saturated carbocycles. The van der Waals surface area contributed by atoms with Crippen LogP contribution >= 0.6 is 0 Å². The predicted molar refractivity (Wildman–Crippen MR) is 103 cm³/mol. The van der Waals surface area contributed by atoms with Gasteiger partial charge >= 0.3 is 24.3 Å². The molecule has 0 spiro atoms. The quantitative estimate of drug-likeness (QED) is 0.162. The molecule has 0 amide bonds. The van der Waals surface area contributed by atoms with Crippen molar-refractivity contribution in [2.75, 3.05) is 6.79 Å². The minimum absolute atomic E-state index is 0.0455. The summed E-state index contributed by atoms with van der Waals surface area (Å²) in [5, 5.41) is 0. The molecule has 2 aromatic rings. The first-order valence-corrected chi connectivity index (χ1v) is 9.32. The van der Waals surface area contributed by atoms with Crippen molar-refractivity contribution in [2.24, 2.45) is 0 Å². The van der Waals surface area contributed by atoms with E-state index in [0.717, 1.165) is 19.1 Å². The summed E-state index contributed by atoms with van der Waals surface area (Å²) in [6.07, 6.45) is -10.1. The second kappa shape index (κ2) is 10.4. The lowest BCUT2D eigenvalue weighted by Crippen LogP contribution is -2.21. The Kier molecular flexibility index (Phi) is 8.13. The maximum absolute atomic E-state index is 13.4. The highest BCUT2D eigenvalue weighted by Crippen LogP contribution is 2.46. The smallest absolute Gasteiger partial charge is 0.420 e. The first kappa shape index (κ1) is 25.8. The van der Waals surface area contributed by atoms with Gasteiger partial charge in [-0.15, -0.1) is 0 Å². The highest BCUT2D eigenvalue weighted by molar-refractivity contribution is 5.81. The highest BCUT2D eigenvalue weighted by Gasteiger charge is 2.47. The summed E-state index contributed by atoms with van der Waals surface area (Å²) in [4.78, 5) is 23.0. The van der Waals surface area contributed by atoms with Crippen molar-refractivity contribution in [1.82, 2.24) is 0 Å². The summed E-state index contributed by atoms with van der Waals surface area (Å²) >= 11 is 0. The van der Waals surface area contributed by atoms with Crippen molar-refractivity contribution in [3.8, 4) is 11.5 Å². The number of benzene rings is 2. The number of carbonyl (C=O) groups excluding carboxylic acids is 2. The first-order valence-electron chi connectivity index (χ1n) is 9.32. The standard InChI is InChI=1S/C22H18F6O5/c1-3-17(29)32-12-31-15-8-5-14(6-9-15)7-11-18(30)33-16-10-4-13(2)19(21(23,24)25)20(16)22(26,27)28/h3-6,8-10H,1,7,11-12H2,2H3. The monoisotopic (exact) mass is 476 g/mol. The molecule has 0 aromatic heterocycles. The van der Waals surface area contributed by atoms with Crippen molar-refractivity contribution >= 4 is 11.9 Å². The van der Waals surface area contributed by atoms with Crippen molar-refractivity contribution in [3.05, 3.63) is 71.3 Å². The van der Waals surface area contributed by atoms with Gasteiger partial charge in [-0.2, -0.15) is 26.3 Å². The molecule has 0 aliphatic heterocycles. The van der Waals surface area contributed by atoms with Gasteiger partial charge in [0.25, 0.3) is 0 Å². The molecule has 0 heterocycles. The number of hydrogen-bond acceptors (Lipinski definition) is 5. The predicted octanol–water partition coefficient (Wildman–Crippen LogP) is 5.64. The summed E-state index contributed by atoms with van der Waals surface area (Å²) in [5.74, 6) is -2.67. The normalized spacial score (nSPS) is 11.6. The van der Waals surface area contributed by atoms with Gasteiger partial charge in [0.1, 0.15) is 17.1 Å². The Morgan fingerprint density at radius 1 is 0.939 bits per heavy atom. The Morgan fingerprint density at radius 3 is 2.09 bits per heavy atom. The van der Waals surface area contributed by atoms with E-state index in [2.05, 4.69) is 16.1 Å². The Morgan fingerprint density at radius 2 is 1.55 bits per heavy atom. The van der Waals surface area contributed by atoms with Gasteiger partial charge in [-0.25, -0.2) is 4.79 Å². The largest absolute Gasteiger partial charge is 0.457 e. The molecule has 0 aliphatic rings. The zero-order valence-electron chi connectivity index (χ0n) is 17.2. The van der Waals surface area contributed by atoms with Crippen LogP contribution in [-0.4, -0.2) is 18.7 Å². The fourth-order valence-corrected chi connectivity index (χ4v) is 2.81. The number of carbonyl (C=O) groups is 2. The van der Waals surface area contributed by atoms with Crippen LogP contribution in [0, 0.1) is 6.92 Å². The Labute approximate surface area is 184 Å². The van der Waals surface area contributed by atoms with Crippen molar-refractivity contribution in [3.63, 3.8) is 0 Å². The zero-order chi connectivity index (χ0) is 24.8. The van der Waals surface area contributed by atoms with E-state index in [-0.39, 0.29) is 19.6 Å². The van der Waals surface area contributed by atoms with E-state index in [1.165, 1.54) is 12.1 Å². The maximum Gasteiger partial charge on any atom is 0.420 e.